The molecular weight excluding hydrogens is 354 g/mol. The van der Waals surface area contributed by atoms with Gasteiger partial charge < -0.3 is 14.6 Å². The standard InChI is InChI=1S/C22H39N3O3/c1-6-9-10-11-12-13-14-21(26)25(18(5)8-3)15-20-24-19(16-28-20)22(27)23-17(4)7-2/h16-18H,6-15H2,1-5H3,(H,23,27). The molecule has 1 heterocycles. The number of nitrogens with one attached hydrogen (secondary N) is 1. The van der Waals surface area contributed by atoms with Crippen LogP contribution >= 0.6 is 0 Å². The number of unbranched alkanes of at least 4 members (excludes halogenated alkanes) is 5. The van der Waals surface area contributed by atoms with Gasteiger partial charge in [0.1, 0.15) is 6.26 Å². The molecule has 6 nitrogen and oxygen atoms in total. The van der Waals surface area contributed by atoms with Gasteiger partial charge in [-0.25, -0.2) is 4.98 Å². The van der Waals surface area contributed by atoms with Gasteiger partial charge in [0.25, 0.3) is 5.91 Å². The zero-order chi connectivity index (χ0) is 20.9. The summed E-state index contributed by atoms with van der Waals surface area (Å²) in [5.74, 6) is 0.303. The first-order valence-corrected chi connectivity index (χ1v) is 11.0. The summed E-state index contributed by atoms with van der Waals surface area (Å²) in [6.07, 6.45) is 10.6. The quantitative estimate of drug-likeness (QED) is 0.447. The molecular formula is C22H39N3O3. The molecule has 1 N–H and O–H groups in total. The minimum Gasteiger partial charge on any atom is -0.446 e. The fourth-order valence-electron chi connectivity index (χ4n) is 2.94. The molecule has 0 bridgehead atoms. The highest BCUT2D eigenvalue weighted by Crippen LogP contribution is 2.15. The number of carbonyl (C=O) groups is 2. The second-order valence-electron chi connectivity index (χ2n) is 7.71. The highest BCUT2D eigenvalue weighted by molar-refractivity contribution is 5.92. The minimum absolute atomic E-state index is 0.0863. The van der Waals surface area contributed by atoms with Gasteiger partial charge in [-0.2, -0.15) is 0 Å². The van der Waals surface area contributed by atoms with Crippen LogP contribution in [0.3, 0.4) is 0 Å². The van der Waals surface area contributed by atoms with Gasteiger partial charge in [-0.05, 0) is 33.1 Å². The highest BCUT2D eigenvalue weighted by atomic mass is 16.3. The Balaban J connectivity index is 2.61. The van der Waals surface area contributed by atoms with Crippen LogP contribution in [0.2, 0.25) is 0 Å². The van der Waals surface area contributed by atoms with E-state index >= 15 is 0 Å². The average Bonchev–Trinajstić information content (AvgIpc) is 3.16. The van der Waals surface area contributed by atoms with Crippen LogP contribution in [0.4, 0.5) is 0 Å². The van der Waals surface area contributed by atoms with Gasteiger partial charge in [0.2, 0.25) is 11.8 Å². The summed E-state index contributed by atoms with van der Waals surface area (Å²) in [7, 11) is 0. The Hall–Kier alpha value is -1.85. The number of nitrogens with zero attached hydrogens (tertiary/aromatic N) is 2. The lowest BCUT2D eigenvalue weighted by Gasteiger charge is -2.27. The third-order valence-electron chi connectivity index (χ3n) is 5.27. The van der Waals surface area contributed by atoms with Crippen molar-refractivity contribution in [3.05, 3.63) is 17.8 Å². The van der Waals surface area contributed by atoms with E-state index in [-0.39, 0.29) is 29.6 Å². The van der Waals surface area contributed by atoms with Gasteiger partial charge >= 0.3 is 0 Å². The molecule has 2 amide bonds. The van der Waals surface area contributed by atoms with Crippen molar-refractivity contribution in [1.82, 2.24) is 15.2 Å². The van der Waals surface area contributed by atoms with E-state index in [1.54, 1.807) is 0 Å². The first kappa shape index (κ1) is 24.2. The van der Waals surface area contributed by atoms with Crippen LogP contribution in [0.25, 0.3) is 0 Å². The number of aromatic nitrogens is 1. The van der Waals surface area contributed by atoms with Crippen molar-refractivity contribution >= 4 is 11.8 Å². The topological polar surface area (TPSA) is 75.4 Å². The zero-order valence-electron chi connectivity index (χ0n) is 18.4. The fourth-order valence-corrected chi connectivity index (χ4v) is 2.94. The van der Waals surface area contributed by atoms with Crippen LogP contribution < -0.4 is 5.32 Å². The first-order valence-electron chi connectivity index (χ1n) is 11.0. The van der Waals surface area contributed by atoms with E-state index in [4.69, 9.17) is 4.42 Å². The summed E-state index contributed by atoms with van der Waals surface area (Å²) in [4.78, 5) is 31.0. The van der Waals surface area contributed by atoms with Gasteiger partial charge in [0, 0.05) is 18.5 Å². The second-order valence-corrected chi connectivity index (χ2v) is 7.71. The molecule has 160 valence electrons. The lowest BCUT2D eigenvalue weighted by molar-refractivity contribution is -0.134. The molecule has 0 aliphatic heterocycles. The molecule has 28 heavy (non-hydrogen) atoms. The summed E-state index contributed by atoms with van der Waals surface area (Å²) in [5, 5.41) is 2.88. The maximum atomic E-state index is 12.7. The normalized spacial score (nSPS) is 13.2. The van der Waals surface area contributed by atoms with Crippen LogP contribution in [0.5, 0.6) is 0 Å². The number of hydrogen-bond donors (Lipinski definition) is 1. The van der Waals surface area contributed by atoms with E-state index < -0.39 is 0 Å². The van der Waals surface area contributed by atoms with Gasteiger partial charge in [-0.15, -0.1) is 0 Å². The van der Waals surface area contributed by atoms with E-state index in [0.717, 1.165) is 25.7 Å². The van der Waals surface area contributed by atoms with E-state index in [2.05, 4.69) is 24.1 Å². The van der Waals surface area contributed by atoms with E-state index in [9.17, 15) is 9.59 Å². The molecule has 1 rings (SSSR count). The maximum absolute atomic E-state index is 12.7. The minimum atomic E-state index is -0.238. The molecule has 2 atom stereocenters. The average molecular weight is 394 g/mol. The second kappa shape index (κ2) is 13.3. The molecule has 0 spiro atoms. The summed E-state index contributed by atoms with van der Waals surface area (Å²) >= 11 is 0. The van der Waals surface area contributed by atoms with E-state index in [1.807, 2.05) is 25.7 Å². The summed E-state index contributed by atoms with van der Waals surface area (Å²) in [5.41, 5.74) is 0.266. The van der Waals surface area contributed by atoms with E-state index in [1.165, 1.54) is 31.9 Å². The van der Waals surface area contributed by atoms with Crippen LogP contribution in [-0.4, -0.2) is 33.8 Å². The Bertz CT molecular complexity index is 585. The van der Waals surface area contributed by atoms with Crippen molar-refractivity contribution in [2.75, 3.05) is 0 Å². The van der Waals surface area contributed by atoms with E-state index in [0.29, 0.717) is 18.9 Å². The summed E-state index contributed by atoms with van der Waals surface area (Å²) in [6.45, 7) is 10.6. The lowest BCUT2D eigenvalue weighted by Crippen LogP contribution is -2.37. The molecule has 0 aliphatic rings. The molecule has 0 radical (unpaired) electrons. The zero-order valence-corrected chi connectivity index (χ0v) is 18.4. The smallest absolute Gasteiger partial charge is 0.273 e. The molecule has 1 aromatic rings. The Labute approximate surface area is 170 Å². The lowest BCUT2D eigenvalue weighted by atomic mass is 10.1. The van der Waals surface area contributed by atoms with Crippen molar-refractivity contribution in [1.29, 1.82) is 0 Å². The Morgan fingerprint density at radius 1 is 1.07 bits per heavy atom. The number of amides is 2. The Kier molecular flexibility index (Phi) is 11.5. The van der Waals surface area contributed by atoms with Crippen LogP contribution in [0.1, 0.15) is 109 Å². The van der Waals surface area contributed by atoms with Crippen molar-refractivity contribution in [2.24, 2.45) is 0 Å². The van der Waals surface area contributed by atoms with Crippen molar-refractivity contribution < 1.29 is 14.0 Å². The monoisotopic (exact) mass is 393 g/mol. The molecule has 0 saturated carbocycles. The molecule has 0 aliphatic carbocycles. The molecule has 0 saturated heterocycles. The number of carbonyl (C=O) groups excluding carboxylic acids is 2. The SMILES string of the molecule is CCCCCCCCC(=O)N(Cc1nc(C(=O)NC(C)CC)co1)C(C)CC. The van der Waals surface area contributed by atoms with Crippen molar-refractivity contribution in [3.63, 3.8) is 0 Å². The van der Waals surface area contributed by atoms with Crippen molar-refractivity contribution in [3.8, 4) is 0 Å². The largest absolute Gasteiger partial charge is 0.446 e. The third kappa shape index (κ3) is 8.44. The number of oxazole rings is 1. The van der Waals surface area contributed by atoms with Crippen LogP contribution in [0.15, 0.2) is 10.7 Å². The number of hydrogen-bond acceptors (Lipinski definition) is 4. The van der Waals surface area contributed by atoms with Crippen LogP contribution in [0, 0.1) is 0 Å². The van der Waals surface area contributed by atoms with Crippen LogP contribution in [-0.2, 0) is 11.3 Å². The predicted octanol–water partition coefficient (Wildman–Crippen LogP) is 5.08. The molecule has 2 unspecified atom stereocenters. The Morgan fingerprint density at radius 2 is 1.75 bits per heavy atom. The maximum Gasteiger partial charge on any atom is 0.273 e. The third-order valence-corrected chi connectivity index (χ3v) is 5.27. The molecule has 1 aromatic heterocycles. The molecule has 0 fully saturated rings. The first-order chi connectivity index (χ1) is 13.4. The van der Waals surface area contributed by atoms with Gasteiger partial charge in [-0.3, -0.25) is 9.59 Å². The van der Waals surface area contributed by atoms with Gasteiger partial charge in [-0.1, -0.05) is 52.9 Å². The summed E-state index contributed by atoms with van der Waals surface area (Å²) in [6, 6.07) is 0.194. The van der Waals surface area contributed by atoms with Gasteiger partial charge in [0.15, 0.2) is 5.69 Å². The predicted molar refractivity (Wildman–Crippen MR) is 112 cm³/mol. The Morgan fingerprint density at radius 3 is 2.39 bits per heavy atom. The summed E-state index contributed by atoms with van der Waals surface area (Å²) < 4.78 is 5.48. The molecule has 0 aromatic carbocycles. The fraction of sp³-hybridized carbons (Fsp3) is 0.773. The van der Waals surface area contributed by atoms with Crippen molar-refractivity contribution in [2.45, 2.75) is 111 Å². The van der Waals surface area contributed by atoms with Gasteiger partial charge in [0.05, 0.1) is 6.54 Å². The number of rotatable bonds is 14. The molecule has 6 heteroatoms. The highest BCUT2D eigenvalue weighted by Gasteiger charge is 2.22.